The summed E-state index contributed by atoms with van der Waals surface area (Å²) in [7, 11) is 1.66. The van der Waals surface area contributed by atoms with Crippen LogP contribution in [0.4, 0.5) is 0 Å². The summed E-state index contributed by atoms with van der Waals surface area (Å²) in [6, 6.07) is 5.40. The molecule has 0 aliphatic carbocycles. The van der Waals surface area contributed by atoms with E-state index < -0.39 is 6.10 Å². The number of hydrogen-bond acceptors (Lipinski definition) is 5. The van der Waals surface area contributed by atoms with Crippen molar-refractivity contribution < 1.29 is 14.6 Å². The standard InChI is InChI=1S/C17H24ClN3O3/c1-24-16-3-2-13(18)8-12(16)11-20-4-6-21(7-5-20)17(23)15-9-14(22)10-19-15/h2-3,8,14-15,19,22H,4-7,9-11H2,1H3/t14-,15-/m0/s1. The molecule has 2 atom stereocenters. The number of benzene rings is 1. The number of carbonyl (C=O) groups excluding carboxylic acids is 1. The summed E-state index contributed by atoms with van der Waals surface area (Å²) in [5.41, 5.74) is 1.06. The van der Waals surface area contributed by atoms with Crippen molar-refractivity contribution in [1.29, 1.82) is 0 Å². The number of carbonyl (C=O) groups is 1. The molecule has 0 saturated carbocycles. The molecule has 3 rings (SSSR count). The van der Waals surface area contributed by atoms with Crippen molar-refractivity contribution in [2.45, 2.75) is 25.1 Å². The fourth-order valence-electron chi connectivity index (χ4n) is 3.36. The normalized spacial score (nSPS) is 25.0. The summed E-state index contributed by atoms with van der Waals surface area (Å²) in [6.07, 6.45) is 0.106. The van der Waals surface area contributed by atoms with Gasteiger partial charge in [-0.3, -0.25) is 9.69 Å². The Morgan fingerprint density at radius 1 is 1.38 bits per heavy atom. The zero-order chi connectivity index (χ0) is 17.1. The number of hydrogen-bond donors (Lipinski definition) is 2. The van der Waals surface area contributed by atoms with Crippen LogP contribution in [0.5, 0.6) is 5.75 Å². The third-order valence-corrected chi connectivity index (χ3v) is 4.96. The summed E-state index contributed by atoms with van der Waals surface area (Å²) >= 11 is 6.09. The zero-order valence-corrected chi connectivity index (χ0v) is 14.6. The molecule has 2 aliphatic rings. The first-order valence-corrected chi connectivity index (χ1v) is 8.69. The number of rotatable bonds is 4. The van der Waals surface area contributed by atoms with Gasteiger partial charge in [0.25, 0.3) is 0 Å². The van der Waals surface area contributed by atoms with Crippen LogP contribution in [-0.2, 0) is 11.3 Å². The van der Waals surface area contributed by atoms with E-state index in [0.29, 0.717) is 31.1 Å². The molecule has 7 heteroatoms. The molecule has 1 aromatic rings. The molecule has 0 aromatic heterocycles. The van der Waals surface area contributed by atoms with Gasteiger partial charge in [-0.05, 0) is 24.6 Å². The lowest BCUT2D eigenvalue weighted by Gasteiger charge is -2.36. The van der Waals surface area contributed by atoms with Gasteiger partial charge in [0.05, 0.1) is 19.3 Å². The van der Waals surface area contributed by atoms with E-state index in [9.17, 15) is 9.90 Å². The largest absolute Gasteiger partial charge is 0.496 e. The molecule has 0 radical (unpaired) electrons. The zero-order valence-electron chi connectivity index (χ0n) is 13.9. The van der Waals surface area contributed by atoms with Crippen molar-refractivity contribution in [3.63, 3.8) is 0 Å². The minimum absolute atomic E-state index is 0.103. The fraction of sp³-hybridized carbons (Fsp3) is 0.588. The molecule has 0 bridgehead atoms. The van der Waals surface area contributed by atoms with Gasteiger partial charge in [0.2, 0.25) is 5.91 Å². The number of ether oxygens (including phenoxy) is 1. The Balaban J connectivity index is 1.54. The van der Waals surface area contributed by atoms with E-state index in [2.05, 4.69) is 10.2 Å². The van der Waals surface area contributed by atoms with Crippen LogP contribution in [0.2, 0.25) is 5.02 Å². The quantitative estimate of drug-likeness (QED) is 0.835. The molecule has 2 fully saturated rings. The summed E-state index contributed by atoms with van der Waals surface area (Å²) in [6.45, 7) is 4.30. The lowest BCUT2D eigenvalue weighted by Crippen LogP contribution is -2.52. The lowest BCUT2D eigenvalue weighted by atomic mass is 10.1. The first kappa shape index (κ1) is 17.5. The average molecular weight is 354 g/mol. The van der Waals surface area contributed by atoms with Gasteiger partial charge in [0.15, 0.2) is 0 Å². The van der Waals surface area contributed by atoms with E-state index in [0.717, 1.165) is 30.9 Å². The van der Waals surface area contributed by atoms with Crippen LogP contribution >= 0.6 is 11.6 Å². The number of nitrogens with one attached hydrogen (secondary N) is 1. The number of aliphatic hydroxyl groups is 1. The number of nitrogens with zero attached hydrogens (tertiary/aromatic N) is 2. The van der Waals surface area contributed by atoms with Crippen molar-refractivity contribution in [3.05, 3.63) is 28.8 Å². The minimum Gasteiger partial charge on any atom is -0.496 e. The fourth-order valence-corrected chi connectivity index (χ4v) is 3.56. The molecule has 24 heavy (non-hydrogen) atoms. The summed E-state index contributed by atoms with van der Waals surface area (Å²) in [5, 5.41) is 13.3. The predicted octanol–water partition coefficient (Wildman–Crippen LogP) is 0.716. The van der Waals surface area contributed by atoms with Crippen LogP contribution in [0.1, 0.15) is 12.0 Å². The highest BCUT2D eigenvalue weighted by atomic mass is 35.5. The summed E-state index contributed by atoms with van der Waals surface area (Å²) in [4.78, 5) is 16.6. The molecule has 2 N–H and O–H groups in total. The molecule has 2 saturated heterocycles. The molecular weight excluding hydrogens is 330 g/mol. The van der Waals surface area contributed by atoms with Crippen LogP contribution in [0.25, 0.3) is 0 Å². The van der Waals surface area contributed by atoms with E-state index in [1.54, 1.807) is 7.11 Å². The van der Waals surface area contributed by atoms with Gasteiger partial charge in [0, 0.05) is 49.9 Å². The SMILES string of the molecule is COc1ccc(Cl)cc1CN1CCN(C(=O)[C@@H]2C[C@H](O)CN2)CC1. The minimum atomic E-state index is -0.407. The van der Waals surface area contributed by atoms with Crippen LogP contribution in [0, 0.1) is 0 Å². The maximum Gasteiger partial charge on any atom is 0.239 e. The Labute approximate surface area is 147 Å². The van der Waals surface area contributed by atoms with Crippen molar-refractivity contribution in [1.82, 2.24) is 15.1 Å². The van der Waals surface area contributed by atoms with Gasteiger partial charge in [-0.1, -0.05) is 11.6 Å². The second kappa shape index (κ2) is 7.70. The number of β-amino-alcohol motifs (C(OH)–C–C–N with tert-alkyl or cyclic N) is 1. The first-order valence-electron chi connectivity index (χ1n) is 8.32. The van der Waals surface area contributed by atoms with E-state index in [-0.39, 0.29) is 11.9 Å². The van der Waals surface area contributed by atoms with Gasteiger partial charge in [-0.25, -0.2) is 0 Å². The molecular formula is C17H24ClN3O3. The van der Waals surface area contributed by atoms with Crippen molar-refractivity contribution in [3.8, 4) is 5.75 Å². The van der Waals surface area contributed by atoms with Gasteiger partial charge < -0.3 is 20.1 Å². The van der Waals surface area contributed by atoms with Gasteiger partial charge >= 0.3 is 0 Å². The van der Waals surface area contributed by atoms with Crippen molar-refractivity contribution >= 4 is 17.5 Å². The number of aliphatic hydroxyl groups excluding tert-OH is 1. The monoisotopic (exact) mass is 353 g/mol. The first-order chi connectivity index (χ1) is 11.6. The molecule has 2 aliphatic heterocycles. The van der Waals surface area contributed by atoms with Crippen LogP contribution in [0.3, 0.4) is 0 Å². The molecule has 0 spiro atoms. The van der Waals surface area contributed by atoms with Crippen LogP contribution in [0.15, 0.2) is 18.2 Å². The number of halogens is 1. The Bertz CT molecular complexity index is 590. The maximum atomic E-state index is 12.5. The molecule has 1 amide bonds. The maximum absolute atomic E-state index is 12.5. The van der Waals surface area contributed by atoms with Crippen LogP contribution < -0.4 is 10.1 Å². The molecule has 0 unspecified atom stereocenters. The van der Waals surface area contributed by atoms with Crippen LogP contribution in [-0.4, -0.2) is 72.8 Å². The highest BCUT2D eigenvalue weighted by molar-refractivity contribution is 6.30. The molecule has 1 aromatic carbocycles. The predicted molar refractivity (Wildman–Crippen MR) is 92.3 cm³/mol. The molecule has 132 valence electrons. The van der Waals surface area contributed by atoms with E-state index >= 15 is 0 Å². The Hall–Kier alpha value is -1.34. The van der Waals surface area contributed by atoms with Crippen molar-refractivity contribution in [2.75, 3.05) is 39.8 Å². The van der Waals surface area contributed by atoms with E-state index in [4.69, 9.17) is 16.3 Å². The highest BCUT2D eigenvalue weighted by Crippen LogP contribution is 2.24. The Morgan fingerprint density at radius 2 is 2.12 bits per heavy atom. The Kier molecular flexibility index (Phi) is 5.61. The third kappa shape index (κ3) is 4.00. The van der Waals surface area contributed by atoms with Gasteiger partial charge in [0.1, 0.15) is 5.75 Å². The molecule has 2 heterocycles. The highest BCUT2D eigenvalue weighted by Gasteiger charge is 2.32. The second-order valence-corrected chi connectivity index (χ2v) is 6.84. The lowest BCUT2D eigenvalue weighted by molar-refractivity contribution is -0.135. The topological polar surface area (TPSA) is 65.0 Å². The Morgan fingerprint density at radius 3 is 2.75 bits per heavy atom. The van der Waals surface area contributed by atoms with E-state index in [1.165, 1.54) is 0 Å². The van der Waals surface area contributed by atoms with Gasteiger partial charge in [-0.2, -0.15) is 0 Å². The summed E-state index contributed by atoms with van der Waals surface area (Å²) < 4.78 is 5.40. The summed E-state index contributed by atoms with van der Waals surface area (Å²) in [5.74, 6) is 0.939. The smallest absolute Gasteiger partial charge is 0.239 e. The average Bonchev–Trinajstić information content (AvgIpc) is 3.02. The van der Waals surface area contributed by atoms with Gasteiger partial charge in [-0.15, -0.1) is 0 Å². The molecule has 6 nitrogen and oxygen atoms in total. The second-order valence-electron chi connectivity index (χ2n) is 6.41. The number of piperazine rings is 1. The van der Waals surface area contributed by atoms with Crippen molar-refractivity contribution in [2.24, 2.45) is 0 Å². The number of methoxy groups -OCH3 is 1. The third-order valence-electron chi connectivity index (χ3n) is 4.73. The number of amides is 1. The van der Waals surface area contributed by atoms with E-state index in [1.807, 2.05) is 23.1 Å².